The predicted octanol–water partition coefficient (Wildman–Crippen LogP) is -1.21. The molecule has 1 aliphatic rings. The lowest BCUT2D eigenvalue weighted by Crippen LogP contribution is -2.60. The van der Waals surface area contributed by atoms with Crippen LogP contribution in [0.5, 0.6) is 0 Å². The molecule has 0 aromatic heterocycles. The van der Waals surface area contributed by atoms with Crippen molar-refractivity contribution >= 4 is 13.1 Å². The summed E-state index contributed by atoms with van der Waals surface area (Å²) in [5, 5.41) is 36.0. The van der Waals surface area contributed by atoms with Gasteiger partial charge in [-0.15, -0.1) is 0 Å². The molecule has 0 saturated heterocycles. The van der Waals surface area contributed by atoms with Crippen molar-refractivity contribution in [1.82, 2.24) is 0 Å². The molecule has 3 atom stereocenters. The molecule has 0 bridgehead atoms. The summed E-state index contributed by atoms with van der Waals surface area (Å²) in [5.74, 6) is -1.18. The maximum Gasteiger partial charge on any atom is 0.451 e. The summed E-state index contributed by atoms with van der Waals surface area (Å²) in [6, 6.07) is 0. The summed E-state index contributed by atoms with van der Waals surface area (Å²) in [5.41, 5.74) is 4.07. The van der Waals surface area contributed by atoms with E-state index in [-0.39, 0.29) is 18.7 Å². The molecule has 0 unspecified atom stereocenters. The van der Waals surface area contributed by atoms with Crippen molar-refractivity contribution in [2.45, 2.75) is 43.6 Å². The van der Waals surface area contributed by atoms with Crippen molar-refractivity contribution in [3.8, 4) is 0 Å². The molecule has 1 saturated carbocycles. The number of rotatable bonds is 4. The first-order valence-corrected chi connectivity index (χ1v) is 5.42. The molecule has 0 amide bonds. The van der Waals surface area contributed by atoms with Gasteiger partial charge in [-0.2, -0.15) is 0 Å². The number of aliphatic carboxylic acids is 1. The van der Waals surface area contributed by atoms with E-state index in [1.54, 1.807) is 0 Å². The molecule has 7 heteroatoms. The fraction of sp³-hybridized carbons (Fsp3) is 0.889. The smallest absolute Gasteiger partial charge is 0.451 e. The van der Waals surface area contributed by atoms with Gasteiger partial charge in [0.05, 0.1) is 6.10 Å². The molecule has 0 aromatic rings. The molecule has 0 spiro atoms. The van der Waals surface area contributed by atoms with Crippen LogP contribution in [0.25, 0.3) is 0 Å². The average Bonchev–Trinajstić information content (AvgIpc) is 2.19. The van der Waals surface area contributed by atoms with Gasteiger partial charge in [0.2, 0.25) is 0 Å². The van der Waals surface area contributed by atoms with Crippen LogP contribution >= 0.6 is 0 Å². The van der Waals surface area contributed by atoms with Crippen LogP contribution in [-0.4, -0.2) is 45.0 Å². The molecule has 1 aliphatic carbocycles. The molecule has 0 radical (unpaired) electrons. The van der Waals surface area contributed by atoms with Crippen LogP contribution in [0.15, 0.2) is 0 Å². The zero-order chi connectivity index (χ0) is 12.3. The lowest BCUT2D eigenvalue weighted by Gasteiger charge is -2.38. The predicted molar refractivity (Wildman–Crippen MR) is 57.5 cm³/mol. The lowest BCUT2D eigenvalue weighted by molar-refractivity contribution is -0.151. The highest BCUT2D eigenvalue weighted by Crippen LogP contribution is 2.34. The molecule has 1 rings (SSSR count). The molecular weight excluding hydrogens is 213 g/mol. The number of aliphatic hydroxyl groups excluding tert-OH is 1. The van der Waals surface area contributed by atoms with Gasteiger partial charge in [0.1, 0.15) is 5.54 Å². The van der Waals surface area contributed by atoms with E-state index in [0.29, 0.717) is 19.3 Å². The highest BCUT2D eigenvalue weighted by Gasteiger charge is 2.46. The second-order valence-corrected chi connectivity index (χ2v) is 4.57. The Morgan fingerprint density at radius 2 is 2.06 bits per heavy atom. The third-order valence-corrected chi connectivity index (χ3v) is 3.30. The van der Waals surface area contributed by atoms with Crippen molar-refractivity contribution in [1.29, 1.82) is 0 Å². The average molecular weight is 231 g/mol. The van der Waals surface area contributed by atoms with Gasteiger partial charge in [0.15, 0.2) is 0 Å². The minimum Gasteiger partial charge on any atom is -0.480 e. The second-order valence-electron chi connectivity index (χ2n) is 4.57. The van der Waals surface area contributed by atoms with Gasteiger partial charge in [-0.1, -0.05) is 6.42 Å². The standard InChI is InChI=1S/C9H18BNO5/c11-9(8(13)14)5-6(1-2-7(9)12)3-4-10(15)16/h6-7,12,15-16H,1-5,11H2,(H,13,14)/t6-,7-,9-/m0/s1. The van der Waals surface area contributed by atoms with Gasteiger partial charge in [0.25, 0.3) is 0 Å². The number of carbonyl (C=O) groups is 1. The molecule has 92 valence electrons. The number of nitrogens with two attached hydrogens (primary N) is 1. The van der Waals surface area contributed by atoms with Crippen LogP contribution in [0.1, 0.15) is 25.7 Å². The normalized spacial score (nSPS) is 34.8. The summed E-state index contributed by atoms with van der Waals surface area (Å²) in [6.45, 7) is 0. The van der Waals surface area contributed by atoms with E-state index in [9.17, 15) is 9.90 Å². The van der Waals surface area contributed by atoms with E-state index in [1.165, 1.54) is 0 Å². The monoisotopic (exact) mass is 231 g/mol. The highest BCUT2D eigenvalue weighted by atomic mass is 16.4. The van der Waals surface area contributed by atoms with Crippen LogP contribution in [-0.2, 0) is 4.79 Å². The van der Waals surface area contributed by atoms with Gasteiger partial charge >= 0.3 is 13.1 Å². The maximum absolute atomic E-state index is 11.0. The maximum atomic E-state index is 11.0. The van der Waals surface area contributed by atoms with Crippen molar-refractivity contribution in [3.05, 3.63) is 0 Å². The van der Waals surface area contributed by atoms with Crippen molar-refractivity contribution in [3.63, 3.8) is 0 Å². The Balaban J connectivity index is 2.57. The third kappa shape index (κ3) is 2.94. The van der Waals surface area contributed by atoms with Crippen LogP contribution in [0.2, 0.25) is 6.32 Å². The number of aliphatic hydroxyl groups is 1. The van der Waals surface area contributed by atoms with Crippen LogP contribution in [0.4, 0.5) is 0 Å². The zero-order valence-corrected chi connectivity index (χ0v) is 9.04. The molecule has 0 aromatic carbocycles. The summed E-state index contributed by atoms with van der Waals surface area (Å²) >= 11 is 0. The fourth-order valence-electron chi connectivity index (χ4n) is 2.23. The first kappa shape index (κ1) is 13.4. The van der Waals surface area contributed by atoms with Gasteiger partial charge in [0, 0.05) is 0 Å². The SMILES string of the molecule is N[C@@]1(C(=O)O)C[C@H](CCB(O)O)CC[C@@H]1O. The molecule has 6 N–H and O–H groups in total. The molecule has 0 heterocycles. The minimum atomic E-state index is -1.59. The largest absolute Gasteiger partial charge is 0.480 e. The quantitative estimate of drug-likeness (QED) is 0.387. The summed E-state index contributed by atoms with van der Waals surface area (Å²) < 4.78 is 0. The topological polar surface area (TPSA) is 124 Å². The Hall–Kier alpha value is -0.625. The number of carboxylic acids is 1. The van der Waals surface area contributed by atoms with E-state index in [4.69, 9.17) is 20.9 Å². The Bertz CT molecular complexity index is 262. The molecule has 16 heavy (non-hydrogen) atoms. The van der Waals surface area contributed by atoms with E-state index < -0.39 is 24.7 Å². The number of carboxylic acid groups (broad SMARTS) is 1. The molecular formula is C9H18BNO5. The highest BCUT2D eigenvalue weighted by molar-refractivity contribution is 6.40. The van der Waals surface area contributed by atoms with E-state index in [1.807, 2.05) is 0 Å². The molecule has 1 fully saturated rings. The number of hydrogen-bond donors (Lipinski definition) is 5. The minimum absolute atomic E-state index is 0.0197. The third-order valence-electron chi connectivity index (χ3n) is 3.30. The zero-order valence-electron chi connectivity index (χ0n) is 9.04. The molecule has 6 nitrogen and oxygen atoms in total. The first-order valence-electron chi connectivity index (χ1n) is 5.42. The fourth-order valence-corrected chi connectivity index (χ4v) is 2.23. The number of hydrogen-bond acceptors (Lipinski definition) is 5. The van der Waals surface area contributed by atoms with Crippen LogP contribution < -0.4 is 5.73 Å². The Morgan fingerprint density at radius 3 is 2.56 bits per heavy atom. The summed E-state index contributed by atoms with van der Waals surface area (Å²) in [6.07, 6.45) is 0.874. The van der Waals surface area contributed by atoms with Gasteiger partial charge < -0.3 is 26.0 Å². The molecule has 0 aliphatic heterocycles. The first-order chi connectivity index (χ1) is 7.36. The van der Waals surface area contributed by atoms with Crippen molar-refractivity contribution < 1.29 is 25.1 Å². The second kappa shape index (κ2) is 5.14. The van der Waals surface area contributed by atoms with E-state index >= 15 is 0 Å². The van der Waals surface area contributed by atoms with E-state index in [2.05, 4.69) is 0 Å². The van der Waals surface area contributed by atoms with Crippen LogP contribution in [0.3, 0.4) is 0 Å². The van der Waals surface area contributed by atoms with Gasteiger partial charge in [-0.05, 0) is 31.5 Å². The Labute approximate surface area is 94.2 Å². The van der Waals surface area contributed by atoms with Gasteiger partial charge in [-0.25, -0.2) is 0 Å². The van der Waals surface area contributed by atoms with Crippen LogP contribution in [0, 0.1) is 5.92 Å². The van der Waals surface area contributed by atoms with Crippen molar-refractivity contribution in [2.24, 2.45) is 11.7 Å². The Morgan fingerprint density at radius 1 is 1.44 bits per heavy atom. The van der Waals surface area contributed by atoms with Crippen molar-refractivity contribution in [2.75, 3.05) is 0 Å². The van der Waals surface area contributed by atoms with Gasteiger partial charge in [-0.3, -0.25) is 4.79 Å². The summed E-state index contributed by atoms with van der Waals surface area (Å²) in [7, 11) is -1.37. The van der Waals surface area contributed by atoms with E-state index in [0.717, 1.165) is 0 Å². The summed E-state index contributed by atoms with van der Waals surface area (Å²) in [4.78, 5) is 11.0. The lowest BCUT2D eigenvalue weighted by atomic mass is 9.70. The Kier molecular flexibility index (Phi) is 4.31.